The van der Waals surface area contributed by atoms with E-state index in [2.05, 4.69) is 21.2 Å². The number of amides is 1. The van der Waals surface area contributed by atoms with Gasteiger partial charge >= 0.3 is 5.97 Å². The van der Waals surface area contributed by atoms with Gasteiger partial charge in [-0.2, -0.15) is 0 Å². The molecule has 1 aromatic carbocycles. The minimum Gasteiger partial charge on any atom is -0.481 e. The number of rotatable bonds is 4. The Morgan fingerprint density at radius 1 is 1.33 bits per heavy atom. The quantitative estimate of drug-likeness (QED) is 0.844. The van der Waals surface area contributed by atoms with Gasteiger partial charge in [-0.15, -0.1) is 0 Å². The Hall–Kier alpha value is -1.07. The number of carbonyl (C=O) groups excluding carboxylic acids is 1. The maximum absolute atomic E-state index is 12.2. The van der Waals surface area contributed by atoms with Crippen molar-refractivity contribution in [2.24, 2.45) is 11.8 Å². The monoisotopic (exact) mass is 373 g/mol. The molecular formula is C15H17BrClNO3. The van der Waals surface area contributed by atoms with Crippen molar-refractivity contribution in [3.8, 4) is 0 Å². The van der Waals surface area contributed by atoms with Crippen LogP contribution in [0.1, 0.15) is 36.0 Å². The van der Waals surface area contributed by atoms with E-state index in [4.69, 9.17) is 11.6 Å². The van der Waals surface area contributed by atoms with Crippen LogP contribution in [0.2, 0.25) is 5.02 Å². The molecule has 1 aliphatic rings. The van der Waals surface area contributed by atoms with Crippen molar-refractivity contribution in [1.82, 2.24) is 5.32 Å². The molecule has 0 radical (unpaired) electrons. The van der Waals surface area contributed by atoms with Gasteiger partial charge in [-0.3, -0.25) is 9.59 Å². The van der Waals surface area contributed by atoms with Gasteiger partial charge in [0.2, 0.25) is 0 Å². The summed E-state index contributed by atoms with van der Waals surface area (Å²) >= 11 is 9.21. The van der Waals surface area contributed by atoms with Crippen LogP contribution in [0.4, 0.5) is 0 Å². The highest BCUT2D eigenvalue weighted by Gasteiger charge is 2.30. The zero-order chi connectivity index (χ0) is 15.4. The Balaban J connectivity index is 1.99. The number of carboxylic acids is 1. The van der Waals surface area contributed by atoms with Gasteiger partial charge in [0, 0.05) is 16.0 Å². The molecule has 0 aromatic heterocycles. The summed E-state index contributed by atoms with van der Waals surface area (Å²) in [4.78, 5) is 23.4. The SMILES string of the molecule is O=C(NCC1CCCCC1C(=O)O)c1cc(Cl)ccc1Br. The lowest BCUT2D eigenvalue weighted by Crippen LogP contribution is -2.37. The zero-order valence-corrected chi connectivity index (χ0v) is 13.8. The van der Waals surface area contributed by atoms with E-state index in [1.807, 2.05) is 0 Å². The largest absolute Gasteiger partial charge is 0.481 e. The van der Waals surface area contributed by atoms with E-state index in [0.29, 0.717) is 28.0 Å². The van der Waals surface area contributed by atoms with E-state index in [1.165, 1.54) is 0 Å². The van der Waals surface area contributed by atoms with Crippen LogP contribution in [-0.2, 0) is 4.79 Å². The van der Waals surface area contributed by atoms with E-state index < -0.39 is 5.97 Å². The molecule has 1 fully saturated rings. The molecule has 1 aliphatic carbocycles. The summed E-state index contributed by atoms with van der Waals surface area (Å²) in [7, 11) is 0. The normalized spacial score (nSPS) is 21.8. The van der Waals surface area contributed by atoms with Gasteiger partial charge < -0.3 is 10.4 Å². The standard InChI is InChI=1S/C15H17BrClNO3/c16-13-6-5-10(17)7-12(13)14(19)18-8-9-3-1-2-4-11(9)15(20)21/h5-7,9,11H,1-4,8H2,(H,18,19)(H,20,21). The highest BCUT2D eigenvalue weighted by atomic mass is 79.9. The Labute approximate surface area is 137 Å². The molecule has 1 saturated carbocycles. The number of benzene rings is 1. The maximum Gasteiger partial charge on any atom is 0.306 e. The molecule has 114 valence electrons. The predicted octanol–water partition coefficient (Wildman–Crippen LogP) is 3.72. The molecule has 4 nitrogen and oxygen atoms in total. The van der Waals surface area contributed by atoms with Crippen LogP contribution in [-0.4, -0.2) is 23.5 Å². The van der Waals surface area contributed by atoms with Gasteiger partial charge in [-0.25, -0.2) is 0 Å². The van der Waals surface area contributed by atoms with Crippen LogP contribution in [0.25, 0.3) is 0 Å². The number of halogens is 2. The van der Waals surface area contributed by atoms with Crippen molar-refractivity contribution in [2.75, 3.05) is 6.54 Å². The molecule has 6 heteroatoms. The van der Waals surface area contributed by atoms with Gasteiger partial charge in [0.15, 0.2) is 0 Å². The fourth-order valence-corrected chi connectivity index (χ4v) is 3.37. The molecule has 0 bridgehead atoms. The summed E-state index contributed by atoms with van der Waals surface area (Å²) in [5, 5.41) is 12.6. The van der Waals surface area contributed by atoms with Crippen molar-refractivity contribution >= 4 is 39.4 Å². The highest BCUT2D eigenvalue weighted by Crippen LogP contribution is 2.30. The lowest BCUT2D eigenvalue weighted by atomic mass is 9.79. The van der Waals surface area contributed by atoms with E-state index in [0.717, 1.165) is 19.3 Å². The fourth-order valence-electron chi connectivity index (χ4n) is 2.77. The molecule has 2 atom stereocenters. The average Bonchev–Trinajstić information content (AvgIpc) is 2.47. The first-order valence-electron chi connectivity index (χ1n) is 6.95. The summed E-state index contributed by atoms with van der Waals surface area (Å²) in [5.41, 5.74) is 0.463. The van der Waals surface area contributed by atoms with E-state index in [9.17, 15) is 14.7 Å². The van der Waals surface area contributed by atoms with Crippen LogP contribution in [0.3, 0.4) is 0 Å². The number of hydrogen-bond donors (Lipinski definition) is 2. The maximum atomic E-state index is 12.2. The van der Waals surface area contributed by atoms with Gasteiger partial charge in [-0.05, 0) is 52.9 Å². The van der Waals surface area contributed by atoms with Crippen LogP contribution < -0.4 is 5.32 Å². The van der Waals surface area contributed by atoms with E-state index in [1.54, 1.807) is 18.2 Å². The second-order valence-corrected chi connectivity index (χ2v) is 6.61. The Kier molecular flexibility index (Phi) is 5.65. The molecule has 2 N–H and O–H groups in total. The molecule has 0 aliphatic heterocycles. The van der Waals surface area contributed by atoms with Gasteiger partial charge in [0.1, 0.15) is 0 Å². The smallest absolute Gasteiger partial charge is 0.306 e. The van der Waals surface area contributed by atoms with E-state index >= 15 is 0 Å². The summed E-state index contributed by atoms with van der Waals surface area (Å²) in [6.45, 7) is 0.384. The van der Waals surface area contributed by atoms with Gasteiger partial charge in [0.25, 0.3) is 5.91 Å². The summed E-state index contributed by atoms with van der Waals surface area (Å²) < 4.78 is 0.669. The van der Waals surface area contributed by atoms with Crippen LogP contribution in [0.5, 0.6) is 0 Å². The van der Waals surface area contributed by atoms with Crippen molar-refractivity contribution in [3.63, 3.8) is 0 Å². The molecule has 1 aromatic rings. The Morgan fingerprint density at radius 2 is 2.05 bits per heavy atom. The number of carboxylic acid groups (broad SMARTS) is 1. The van der Waals surface area contributed by atoms with Gasteiger partial charge in [-0.1, -0.05) is 24.4 Å². The second-order valence-electron chi connectivity index (χ2n) is 5.32. The zero-order valence-electron chi connectivity index (χ0n) is 11.4. The molecule has 2 unspecified atom stereocenters. The van der Waals surface area contributed by atoms with Gasteiger partial charge in [0.05, 0.1) is 11.5 Å². The summed E-state index contributed by atoms with van der Waals surface area (Å²) in [5.74, 6) is -1.36. The molecule has 0 spiro atoms. The molecule has 21 heavy (non-hydrogen) atoms. The predicted molar refractivity (Wildman–Crippen MR) is 84.6 cm³/mol. The molecular weight excluding hydrogens is 358 g/mol. The lowest BCUT2D eigenvalue weighted by Gasteiger charge is -2.28. The van der Waals surface area contributed by atoms with Crippen LogP contribution in [0, 0.1) is 11.8 Å². The average molecular weight is 375 g/mol. The third-order valence-corrected chi connectivity index (χ3v) is 4.85. The van der Waals surface area contributed by atoms with Crippen LogP contribution in [0.15, 0.2) is 22.7 Å². The Bertz CT molecular complexity index is 550. The first-order chi connectivity index (χ1) is 9.99. The Morgan fingerprint density at radius 3 is 2.76 bits per heavy atom. The first-order valence-corrected chi connectivity index (χ1v) is 8.12. The number of carbonyl (C=O) groups is 2. The van der Waals surface area contributed by atoms with E-state index in [-0.39, 0.29) is 17.7 Å². The minimum atomic E-state index is -0.766. The van der Waals surface area contributed by atoms with Crippen molar-refractivity contribution in [1.29, 1.82) is 0 Å². The minimum absolute atomic E-state index is 0.00170. The second kappa shape index (κ2) is 7.27. The first kappa shape index (κ1) is 16.3. The molecule has 0 heterocycles. The summed E-state index contributed by atoms with van der Waals surface area (Å²) in [6.07, 6.45) is 3.50. The van der Waals surface area contributed by atoms with Crippen molar-refractivity contribution in [3.05, 3.63) is 33.3 Å². The third-order valence-electron chi connectivity index (χ3n) is 3.92. The summed E-state index contributed by atoms with van der Waals surface area (Å²) in [6, 6.07) is 5.01. The molecule has 2 rings (SSSR count). The van der Waals surface area contributed by atoms with Crippen molar-refractivity contribution < 1.29 is 14.7 Å². The fraction of sp³-hybridized carbons (Fsp3) is 0.467. The molecule has 0 saturated heterocycles. The van der Waals surface area contributed by atoms with Crippen LogP contribution >= 0.6 is 27.5 Å². The topological polar surface area (TPSA) is 66.4 Å². The number of aliphatic carboxylic acids is 1. The number of hydrogen-bond acceptors (Lipinski definition) is 2. The number of nitrogens with one attached hydrogen (secondary N) is 1. The molecule has 1 amide bonds. The highest BCUT2D eigenvalue weighted by molar-refractivity contribution is 9.10. The lowest BCUT2D eigenvalue weighted by molar-refractivity contribution is -0.144. The third kappa shape index (κ3) is 4.20. The van der Waals surface area contributed by atoms with Crippen molar-refractivity contribution in [2.45, 2.75) is 25.7 Å².